The molecule has 1 aromatic heterocycles. The molecular formula is C20H17N5O3. The van der Waals surface area contributed by atoms with Crippen LogP contribution in [0, 0.1) is 11.3 Å². The van der Waals surface area contributed by atoms with Crippen molar-refractivity contribution in [2.45, 2.75) is 0 Å². The zero-order chi connectivity index (χ0) is 20.1. The van der Waals surface area contributed by atoms with Crippen LogP contribution in [0.3, 0.4) is 0 Å². The SMILES string of the molecule is COc1ccc(-c2nc(N/N=C/c3ccc(O)cc3)n(C)c(=O)c2C#N)cc1. The third-order valence-corrected chi connectivity index (χ3v) is 4.04. The number of aromatic nitrogens is 2. The summed E-state index contributed by atoms with van der Waals surface area (Å²) in [6, 6.07) is 15.3. The predicted octanol–water partition coefficient (Wildman–Crippen LogP) is 2.48. The highest BCUT2D eigenvalue weighted by atomic mass is 16.5. The van der Waals surface area contributed by atoms with Gasteiger partial charge in [-0.15, -0.1) is 0 Å². The van der Waals surface area contributed by atoms with Gasteiger partial charge >= 0.3 is 0 Å². The number of nitrogens with one attached hydrogen (secondary N) is 1. The molecule has 0 bridgehead atoms. The Morgan fingerprint density at radius 1 is 1.21 bits per heavy atom. The van der Waals surface area contributed by atoms with Crippen LogP contribution in [0.25, 0.3) is 11.3 Å². The number of anilines is 1. The average molecular weight is 375 g/mol. The fourth-order valence-electron chi connectivity index (χ4n) is 2.49. The number of phenols is 1. The smallest absolute Gasteiger partial charge is 0.273 e. The van der Waals surface area contributed by atoms with E-state index in [4.69, 9.17) is 4.74 Å². The normalized spacial score (nSPS) is 10.6. The summed E-state index contributed by atoms with van der Waals surface area (Å²) in [5.74, 6) is 0.998. The Hall–Kier alpha value is -4.12. The van der Waals surface area contributed by atoms with Gasteiger partial charge in [0.1, 0.15) is 23.1 Å². The zero-order valence-electron chi connectivity index (χ0n) is 15.2. The van der Waals surface area contributed by atoms with Crippen LogP contribution in [0.2, 0.25) is 0 Å². The second-order valence-corrected chi connectivity index (χ2v) is 5.83. The molecule has 3 aromatic rings. The van der Waals surface area contributed by atoms with Crippen molar-refractivity contribution in [2.75, 3.05) is 12.5 Å². The molecule has 0 aliphatic carbocycles. The predicted molar refractivity (Wildman–Crippen MR) is 106 cm³/mol. The van der Waals surface area contributed by atoms with Crippen LogP contribution in [0.5, 0.6) is 11.5 Å². The van der Waals surface area contributed by atoms with Crippen LogP contribution >= 0.6 is 0 Å². The standard InChI is InChI=1S/C20H17N5O3/c1-25-19(27)17(11-21)18(14-5-9-16(28-2)10-6-14)23-20(25)24-22-12-13-3-7-15(26)8-4-13/h3-10,12,26H,1-2H3,(H,23,24)/b22-12+. The molecule has 140 valence electrons. The third-order valence-electron chi connectivity index (χ3n) is 4.04. The van der Waals surface area contributed by atoms with Crippen molar-refractivity contribution in [3.8, 4) is 28.8 Å². The molecule has 28 heavy (non-hydrogen) atoms. The van der Waals surface area contributed by atoms with E-state index in [9.17, 15) is 15.2 Å². The summed E-state index contributed by atoms with van der Waals surface area (Å²) >= 11 is 0. The minimum Gasteiger partial charge on any atom is -0.508 e. The van der Waals surface area contributed by atoms with Gasteiger partial charge in [-0.3, -0.25) is 9.36 Å². The number of hydrogen-bond acceptors (Lipinski definition) is 7. The lowest BCUT2D eigenvalue weighted by Gasteiger charge is -2.11. The number of ether oxygens (including phenoxy) is 1. The molecule has 8 nitrogen and oxygen atoms in total. The van der Waals surface area contributed by atoms with E-state index in [1.807, 2.05) is 6.07 Å². The first-order chi connectivity index (χ1) is 13.5. The molecule has 3 rings (SSSR count). The lowest BCUT2D eigenvalue weighted by molar-refractivity contribution is 0.415. The van der Waals surface area contributed by atoms with Gasteiger partial charge in [-0.2, -0.15) is 10.4 Å². The fraction of sp³-hybridized carbons (Fsp3) is 0.100. The number of benzene rings is 2. The summed E-state index contributed by atoms with van der Waals surface area (Å²) in [6.07, 6.45) is 1.52. The molecule has 0 amide bonds. The topological polar surface area (TPSA) is 113 Å². The van der Waals surface area contributed by atoms with Crippen molar-refractivity contribution in [1.82, 2.24) is 9.55 Å². The molecule has 0 radical (unpaired) electrons. The lowest BCUT2D eigenvalue weighted by Crippen LogP contribution is -2.24. The van der Waals surface area contributed by atoms with Crippen molar-refractivity contribution in [3.63, 3.8) is 0 Å². The molecule has 0 aliphatic rings. The van der Waals surface area contributed by atoms with Gasteiger partial charge in [-0.25, -0.2) is 10.4 Å². The van der Waals surface area contributed by atoms with E-state index in [-0.39, 0.29) is 23.0 Å². The van der Waals surface area contributed by atoms with Crippen molar-refractivity contribution in [2.24, 2.45) is 12.1 Å². The van der Waals surface area contributed by atoms with E-state index >= 15 is 0 Å². The maximum Gasteiger partial charge on any atom is 0.273 e. The highest BCUT2D eigenvalue weighted by molar-refractivity contribution is 5.80. The third kappa shape index (κ3) is 3.83. The largest absolute Gasteiger partial charge is 0.508 e. The van der Waals surface area contributed by atoms with Gasteiger partial charge in [0, 0.05) is 12.6 Å². The van der Waals surface area contributed by atoms with Gasteiger partial charge in [0.2, 0.25) is 5.95 Å². The van der Waals surface area contributed by atoms with Gasteiger partial charge in [-0.1, -0.05) is 0 Å². The number of phenolic OH excluding ortho intramolecular Hbond substituents is 1. The first-order valence-corrected chi connectivity index (χ1v) is 8.27. The van der Waals surface area contributed by atoms with Gasteiger partial charge in [0.05, 0.1) is 19.0 Å². The summed E-state index contributed by atoms with van der Waals surface area (Å²) in [4.78, 5) is 17.0. The van der Waals surface area contributed by atoms with E-state index < -0.39 is 5.56 Å². The summed E-state index contributed by atoms with van der Waals surface area (Å²) in [5.41, 5.74) is 3.81. The van der Waals surface area contributed by atoms with Gasteiger partial charge in [0.25, 0.3) is 5.56 Å². The molecule has 0 fully saturated rings. The molecule has 0 spiro atoms. The number of hydrogen-bond donors (Lipinski definition) is 2. The van der Waals surface area contributed by atoms with E-state index in [1.54, 1.807) is 55.6 Å². The summed E-state index contributed by atoms with van der Waals surface area (Å²) < 4.78 is 6.35. The molecule has 0 unspecified atom stereocenters. The number of hydrazone groups is 1. The number of aromatic hydroxyl groups is 1. The monoisotopic (exact) mass is 375 g/mol. The Morgan fingerprint density at radius 3 is 2.50 bits per heavy atom. The first-order valence-electron chi connectivity index (χ1n) is 8.27. The van der Waals surface area contributed by atoms with Crippen LogP contribution in [0.1, 0.15) is 11.1 Å². The molecular weight excluding hydrogens is 358 g/mol. The van der Waals surface area contributed by atoms with Crippen molar-refractivity contribution < 1.29 is 9.84 Å². The highest BCUT2D eigenvalue weighted by Crippen LogP contribution is 2.23. The van der Waals surface area contributed by atoms with Crippen LogP contribution in [-0.2, 0) is 7.05 Å². The van der Waals surface area contributed by atoms with Crippen molar-refractivity contribution in [1.29, 1.82) is 5.26 Å². The maximum absolute atomic E-state index is 12.6. The van der Waals surface area contributed by atoms with Gasteiger partial charge < -0.3 is 9.84 Å². The number of nitrogens with zero attached hydrogens (tertiary/aromatic N) is 4. The summed E-state index contributed by atoms with van der Waals surface area (Å²) in [7, 11) is 3.06. The van der Waals surface area contributed by atoms with E-state index in [0.717, 1.165) is 5.56 Å². The van der Waals surface area contributed by atoms with Gasteiger partial charge in [0.15, 0.2) is 0 Å². The Balaban J connectivity index is 1.97. The second kappa shape index (κ2) is 8.05. The molecule has 2 N–H and O–H groups in total. The molecule has 0 atom stereocenters. The Morgan fingerprint density at radius 2 is 1.89 bits per heavy atom. The lowest BCUT2D eigenvalue weighted by atomic mass is 10.1. The van der Waals surface area contributed by atoms with E-state index in [1.165, 1.54) is 17.8 Å². The van der Waals surface area contributed by atoms with Crippen molar-refractivity contribution >= 4 is 12.2 Å². The molecule has 8 heteroatoms. The molecule has 1 heterocycles. The number of rotatable bonds is 5. The number of methoxy groups -OCH3 is 1. The molecule has 0 saturated carbocycles. The minimum absolute atomic E-state index is 0.0549. The maximum atomic E-state index is 12.6. The van der Waals surface area contributed by atoms with Crippen LogP contribution in [-0.4, -0.2) is 28.0 Å². The summed E-state index contributed by atoms with van der Waals surface area (Å²) in [5, 5.41) is 22.8. The average Bonchev–Trinajstić information content (AvgIpc) is 2.72. The second-order valence-electron chi connectivity index (χ2n) is 5.83. The number of nitriles is 1. The quantitative estimate of drug-likeness (QED) is 0.523. The molecule has 0 aliphatic heterocycles. The fourth-order valence-corrected chi connectivity index (χ4v) is 2.49. The zero-order valence-corrected chi connectivity index (χ0v) is 15.2. The molecule has 2 aromatic carbocycles. The van der Waals surface area contributed by atoms with Crippen LogP contribution in [0.15, 0.2) is 58.4 Å². The van der Waals surface area contributed by atoms with Crippen molar-refractivity contribution in [3.05, 3.63) is 70.0 Å². The van der Waals surface area contributed by atoms with Crippen LogP contribution in [0.4, 0.5) is 5.95 Å². The summed E-state index contributed by atoms with van der Waals surface area (Å²) in [6.45, 7) is 0. The van der Waals surface area contributed by atoms with Crippen LogP contribution < -0.4 is 15.7 Å². The Kier molecular flexibility index (Phi) is 5.37. The Bertz CT molecular complexity index is 1110. The van der Waals surface area contributed by atoms with Gasteiger partial charge in [-0.05, 0) is 54.1 Å². The Labute approximate surface area is 161 Å². The van der Waals surface area contributed by atoms with E-state index in [0.29, 0.717) is 11.3 Å². The minimum atomic E-state index is -0.481. The van der Waals surface area contributed by atoms with E-state index in [2.05, 4.69) is 15.5 Å². The molecule has 0 saturated heterocycles. The first kappa shape index (κ1) is 18.7. The highest BCUT2D eigenvalue weighted by Gasteiger charge is 2.16.